The Kier molecular flexibility index (Phi) is 3.79. The molecule has 4 rings (SSSR count). The molecule has 8 nitrogen and oxygen atoms in total. The minimum Gasteiger partial charge on any atom is -0.416 e. The van der Waals surface area contributed by atoms with Gasteiger partial charge < -0.3 is 15.0 Å². The summed E-state index contributed by atoms with van der Waals surface area (Å²) in [5, 5.41) is 16.7. The first kappa shape index (κ1) is 15.7. The standard InChI is InChI=1S/C18H14N6O2/c19-15-9-13(12-3-1-2-4-14(12)22-15)18-24-23-17(25-18)11-7-5-10(6-8-11)16(20)26-21/h1-9,20H,21H2,(H2,19,22). The van der Waals surface area contributed by atoms with Crippen LogP contribution in [0.15, 0.2) is 59.0 Å². The second-order valence-electron chi connectivity index (χ2n) is 5.55. The van der Waals surface area contributed by atoms with E-state index >= 15 is 0 Å². The van der Waals surface area contributed by atoms with Crippen LogP contribution in [0, 0.1) is 5.41 Å². The van der Waals surface area contributed by atoms with Crippen LogP contribution in [0.4, 0.5) is 5.82 Å². The van der Waals surface area contributed by atoms with E-state index < -0.39 is 0 Å². The molecule has 0 spiro atoms. The molecule has 128 valence electrons. The molecule has 0 aliphatic carbocycles. The third kappa shape index (κ3) is 2.74. The first-order valence-electron chi connectivity index (χ1n) is 7.71. The maximum absolute atomic E-state index is 7.55. The van der Waals surface area contributed by atoms with Crippen molar-refractivity contribution in [1.82, 2.24) is 15.2 Å². The Balaban J connectivity index is 1.74. The summed E-state index contributed by atoms with van der Waals surface area (Å²) < 4.78 is 5.83. The summed E-state index contributed by atoms with van der Waals surface area (Å²) in [5.41, 5.74) is 8.63. The Labute approximate surface area is 147 Å². The summed E-state index contributed by atoms with van der Waals surface area (Å²) in [6.07, 6.45) is 0. The highest BCUT2D eigenvalue weighted by Crippen LogP contribution is 2.30. The SMILES string of the molecule is N=C(ON)c1ccc(-c2nnc(-c3cc(N)nc4ccccc34)o2)cc1. The third-order valence-electron chi connectivity index (χ3n) is 3.90. The monoisotopic (exact) mass is 346 g/mol. The maximum Gasteiger partial charge on any atom is 0.248 e. The third-order valence-corrected chi connectivity index (χ3v) is 3.90. The molecule has 8 heteroatoms. The number of nitrogens with zero attached hydrogens (tertiary/aromatic N) is 3. The molecular weight excluding hydrogens is 332 g/mol. The van der Waals surface area contributed by atoms with Crippen LogP contribution in [-0.2, 0) is 4.84 Å². The Morgan fingerprint density at radius 3 is 2.50 bits per heavy atom. The van der Waals surface area contributed by atoms with E-state index in [2.05, 4.69) is 20.0 Å². The van der Waals surface area contributed by atoms with Gasteiger partial charge in [-0.15, -0.1) is 10.2 Å². The summed E-state index contributed by atoms with van der Waals surface area (Å²) in [4.78, 5) is 8.72. The van der Waals surface area contributed by atoms with Crippen molar-refractivity contribution in [3.63, 3.8) is 0 Å². The van der Waals surface area contributed by atoms with Gasteiger partial charge in [-0.3, -0.25) is 5.41 Å². The van der Waals surface area contributed by atoms with Gasteiger partial charge in [-0.25, -0.2) is 4.98 Å². The molecule has 0 atom stereocenters. The van der Waals surface area contributed by atoms with Gasteiger partial charge in [0.1, 0.15) is 5.82 Å². The second kappa shape index (κ2) is 6.26. The van der Waals surface area contributed by atoms with Crippen molar-refractivity contribution in [3.8, 4) is 22.9 Å². The van der Waals surface area contributed by atoms with Gasteiger partial charge >= 0.3 is 0 Å². The zero-order valence-corrected chi connectivity index (χ0v) is 13.5. The average molecular weight is 346 g/mol. The molecule has 2 aromatic heterocycles. The fraction of sp³-hybridized carbons (Fsp3) is 0. The predicted molar refractivity (Wildman–Crippen MR) is 97.0 cm³/mol. The number of fused-ring (bicyclic) bond motifs is 1. The lowest BCUT2D eigenvalue weighted by Gasteiger charge is -2.04. The first-order chi connectivity index (χ1) is 12.7. The smallest absolute Gasteiger partial charge is 0.248 e. The Hall–Kier alpha value is -3.78. The molecule has 0 bridgehead atoms. The summed E-state index contributed by atoms with van der Waals surface area (Å²) in [6, 6.07) is 16.2. The van der Waals surface area contributed by atoms with Crippen molar-refractivity contribution in [1.29, 1.82) is 5.41 Å². The number of aromatic nitrogens is 3. The zero-order valence-electron chi connectivity index (χ0n) is 13.5. The van der Waals surface area contributed by atoms with Crippen LogP contribution in [0.5, 0.6) is 0 Å². The minimum atomic E-state index is -0.124. The van der Waals surface area contributed by atoms with Gasteiger partial charge in [-0.1, -0.05) is 18.2 Å². The summed E-state index contributed by atoms with van der Waals surface area (Å²) in [6.45, 7) is 0. The van der Waals surface area contributed by atoms with E-state index in [9.17, 15) is 0 Å². The van der Waals surface area contributed by atoms with Crippen LogP contribution >= 0.6 is 0 Å². The number of nitrogen functional groups attached to an aromatic ring is 1. The molecule has 0 amide bonds. The maximum atomic E-state index is 7.55. The number of nitrogens with two attached hydrogens (primary N) is 2. The number of rotatable bonds is 3. The lowest BCUT2D eigenvalue weighted by atomic mass is 10.1. The lowest BCUT2D eigenvalue weighted by molar-refractivity contribution is 0.319. The fourth-order valence-corrected chi connectivity index (χ4v) is 2.65. The number of nitrogens with one attached hydrogen (secondary N) is 1. The number of para-hydroxylation sites is 1. The molecule has 4 aromatic rings. The largest absolute Gasteiger partial charge is 0.416 e. The van der Waals surface area contributed by atoms with Crippen molar-refractivity contribution >= 4 is 22.6 Å². The predicted octanol–water partition coefficient (Wildman–Crippen LogP) is 2.75. The van der Waals surface area contributed by atoms with Gasteiger partial charge in [-0.2, -0.15) is 5.90 Å². The Morgan fingerprint density at radius 2 is 1.73 bits per heavy atom. The van der Waals surface area contributed by atoms with Crippen molar-refractivity contribution in [2.45, 2.75) is 0 Å². The van der Waals surface area contributed by atoms with E-state index in [1.54, 1.807) is 30.3 Å². The van der Waals surface area contributed by atoms with Crippen LogP contribution in [-0.4, -0.2) is 21.1 Å². The number of hydrogen-bond donors (Lipinski definition) is 3. The van der Waals surface area contributed by atoms with E-state index in [0.717, 1.165) is 16.5 Å². The molecule has 0 aliphatic rings. The molecule has 0 radical (unpaired) electrons. The van der Waals surface area contributed by atoms with Gasteiger partial charge in [0.25, 0.3) is 0 Å². The molecule has 2 heterocycles. The highest BCUT2D eigenvalue weighted by Gasteiger charge is 2.15. The minimum absolute atomic E-state index is 0.124. The molecule has 0 aliphatic heterocycles. The number of benzene rings is 2. The topological polar surface area (TPSA) is 137 Å². The second-order valence-corrected chi connectivity index (χ2v) is 5.55. The van der Waals surface area contributed by atoms with Crippen molar-refractivity contribution < 1.29 is 9.25 Å². The van der Waals surface area contributed by atoms with Gasteiger partial charge in [0.15, 0.2) is 0 Å². The summed E-state index contributed by atoms with van der Waals surface area (Å²) >= 11 is 0. The average Bonchev–Trinajstić information content (AvgIpc) is 3.17. The van der Waals surface area contributed by atoms with Gasteiger partial charge in [0, 0.05) is 16.5 Å². The van der Waals surface area contributed by atoms with Crippen LogP contribution in [0.3, 0.4) is 0 Å². The van der Waals surface area contributed by atoms with E-state index in [0.29, 0.717) is 28.7 Å². The fourth-order valence-electron chi connectivity index (χ4n) is 2.65. The van der Waals surface area contributed by atoms with Crippen molar-refractivity contribution in [3.05, 3.63) is 60.2 Å². The van der Waals surface area contributed by atoms with Gasteiger partial charge in [0.05, 0.1) is 11.1 Å². The van der Waals surface area contributed by atoms with Gasteiger partial charge in [0.2, 0.25) is 17.7 Å². The van der Waals surface area contributed by atoms with Crippen LogP contribution in [0.1, 0.15) is 5.56 Å². The normalized spacial score (nSPS) is 10.8. The molecule has 0 saturated carbocycles. The van der Waals surface area contributed by atoms with Crippen molar-refractivity contribution in [2.75, 3.05) is 5.73 Å². The highest BCUT2D eigenvalue weighted by atomic mass is 16.6. The molecule has 2 aromatic carbocycles. The van der Waals surface area contributed by atoms with Gasteiger partial charge in [-0.05, 0) is 36.4 Å². The van der Waals surface area contributed by atoms with Crippen LogP contribution in [0.2, 0.25) is 0 Å². The lowest BCUT2D eigenvalue weighted by Crippen LogP contribution is -2.09. The summed E-state index contributed by atoms with van der Waals surface area (Å²) in [5.74, 6) is 5.96. The Bertz CT molecular complexity index is 1100. The first-order valence-corrected chi connectivity index (χ1v) is 7.71. The summed E-state index contributed by atoms with van der Waals surface area (Å²) in [7, 11) is 0. The van der Waals surface area contributed by atoms with Crippen LogP contribution < -0.4 is 11.6 Å². The van der Waals surface area contributed by atoms with Crippen molar-refractivity contribution in [2.24, 2.45) is 5.90 Å². The quantitative estimate of drug-likeness (QED) is 0.294. The molecular formula is C18H14N6O2. The number of hydrogen-bond acceptors (Lipinski definition) is 8. The molecule has 5 N–H and O–H groups in total. The highest BCUT2D eigenvalue weighted by molar-refractivity contribution is 5.94. The molecule has 0 fully saturated rings. The molecule has 0 unspecified atom stereocenters. The van der Waals surface area contributed by atoms with Crippen LogP contribution in [0.25, 0.3) is 33.8 Å². The Morgan fingerprint density at radius 1 is 1.00 bits per heavy atom. The van der Waals surface area contributed by atoms with E-state index in [-0.39, 0.29) is 5.90 Å². The number of anilines is 1. The van der Waals surface area contributed by atoms with E-state index in [1.807, 2.05) is 24.3 Å². The zero-order chi connectivity index (χ0) is 18.1. The number of pyridine rings is 1. The molecule has 0 saturated heterocycles. The molecule has 26 heavy (non-hydrogen) atoms. The van der Waals surface area contributed by atoms with E-state index in [4.69, 9.17) is 21.5 Å². The van der Waals surface area contributed by atoms with E-state index in [1.165, 1.54) is 0 Å².